The maximum atomic E-state index is 13.1. The van der Waals surface area contributed by atoms with Crippen molar-refractivity contribution in [3.05, 3.63) is 52.9 Å². The summed E-state index contributed by atoms with van der Waals surface area (Å²) < 4.78 is 21.5. The molecule has 2 aromatic carbocycles. The van der Waals surface area contributed by atoms with Gasteiger partial charge in [0.25, 0.3) is 0 Å². The molecule has 0 radical (unpaired) electrons. The molecule has 5 N–H and O–H groups in total. The zero-order valence-electron chi connectivity index (χ0n) is 19.8. The molecular weight excluding hydrogens is 474 g/mol. The fraction of sp³-hybridized carbons (Fsp3) is 0.360. The Balaban J connectivity index is 1.56. The van der Waals surface area contributed by atoms with E-state index in [9.17, 15) is 30.0 Å². The van der Waals surface area contributed by atoms with Crippen LogP contribution in [0.1, 0.15) is 20.8 Å². The predicted molar refractivity (Wildman–Crippen MR) is 128 cm³/mol. The Labute approximate surface area is 205 Å². The lowest BCUT2D eigenvalue weighted by Crippen LogP contribution is -2.35. The van der Waals surface area contributed by atoms with Gasteiger partial charge in [-0.15, -0.1) is 0 Å². The summed E-state index contributed by atoms with van der Waals surface area (Å²) in [6, 6.07) is 9.17. The van der Waals surface area contributed by atoms with Crippen molar-refractivity contribution in [2.24, 2.45) is 0 Å². The maximum Gasteiger partial charge on any atom is 0.412 e. The molecule has 192 valence electrons. The van der Waals surface area contributed by atoms with Gasteiger partial charge in [0, 0.05) is 5.69 Å². The van der Waals surface area contributed by atoms with Crippen LogP contribution < -0.4 is 15.5 Å². The highest BCUT2D eigenvalue weighted by atomic mass is 16.7. The molecule has 2 heterocycles. The third-order valence-corrected chi connectivity index (χ3v) is 5.46. The van der Waals surface area contributed by atoms with Crippen LogP contribution in [0.25, 0.3) is 22.1 Å². The minimum atomic E-state index is -1.46. The van der Waals surface area contributed by atoms with Crippen LogP contribution in [0.2, 0.25) is 0 Å². The number of aliphatic hydroxyl groups excluding tert-OH is 3. The van der Waals surface area contributed by atoms with Crippen molar-refractivity contribution in [2.45, 2.75) is 51.0 Å². The number of hydrogen-bond donors (Lipinski definition) is 5. The summed E-state index contributed by atoms with van der Waals surface area (Å²) in [7, 11) is 0. The summed E-state index contributed by atoms with van der Waals surface area (Å²) in [4.78, 5) is 25.0. The number of aliphatic hydroxyl groups is 3. The first-order valence-corrected chi connectivity index (χ1v) is 11.2. The van der Waals surface area contributed by atoms with Crippen LogP contribution in [0.4, 0.5) is 10.5 Å². The average molecular weight is 501 g/mol. The van der Waals surface area contributed by atoms with Crippen LogP contribution in [-0.2, 0) is 9.47 Å². The van der Waals surface area contributed by atoms with Crippen LogP contribution in [-0.4, -0.2) is 63.3 Å². The lowest BCUT2D eigenvalue weighted by Gasteiger charge is -2.19. The van der Waals surface area contributed by atoms with Gasteiger partial charge in [-0.1, -0.05) is 12.1 Å². The molecular formula is C25H27NO10. The van der Waals surface area contributed by atoms with Crippen molar-refractivity contribution in [3.63, 3.8) is 0 Å². The largest absolute Gasteiger partial charge is 0.502 e. The van der Waals surface area contributed by atoms with Gasteiger partial charge in [-0.2, -0.15) is 0 Å². The zero-order valence-corrected chi connectivity index (χ0v) is 19.8. The Hall–Kier alpha value is -3.64. The van der Waals surface area contributed by atoms with Gasteiger partial charge >= 0.3 is 6.09 Å². The van der Waals surface area contributed by atoms with E-state index in [0.29, 0.717) is 11.3 Å². The lowest BCUT2D eigenvalue weighted by atomic mass is 10.0. The minimum absolute atomic E-state index is 0.0782. The monoisotopic (exact) mass is 501 g/mol. The quantitative estimate of drug-likeness (QED) is 0.350. The van der Waals surface area contributed by atoms with Gasteiger partial charge in [0.2, 0.25) is 17.5 Å². The van der Waals surface area contributed by atoms with Crippen molar-refractivity contribution in [1.82, 2.24) is 0 Å². The number of anilines is 1. The standard InChI is InChI=1S/C25H27NO10/c1-25(2,3)36-24(32)26-13-6-4-12(5-7-13)15-11-33-22-14(18(15)28)8-9-16(20(22)30)34-23-21(31)19(29)17(10-27)35-23/h4-9,11,17,19,21,23,27,29-31H,10H2,1-3H3,(H,26,32)/t17-,19-,21+,23+/m1/s1. The number of carbonyl (C=O) groups is 1. The second kappa shape index (κ2) is 9.78. The SMILES string of the molecule is CC(C)(C)OC(=O)Nc1ccc(-c2coc3c(O)c(O[C@H]4O[C@H](CO)[C@@H](O)[C@@H]4O)ccc3c2=O)cc1. The molecule has 0 spiro atoms. The normalized spacial score (nSPS) is 21.9. The third kappa shape index (κ3) is 5.14. The first kappa shape index (κ1) is 25.5. The molecule has 36 heavy (non-hydrogen) atoms. The van der Waals surface area contributed by atoms with Crippen molar-refractivity contribution in [3.8, 4) is 22.6 Å². The average Bonchev–Trinajstić information content (AvgIpc) is 3.08. The number of amides is 1. The molecule has 3 aromatic rings. The van der Waals surface area contributed by atoms with E-state index < -0.39 is 54.1 Å². The predicted octanol–water partition coefficient (Wildman–Crippen LogP) is 2.33. The number of ether oxygens (including phenoxy) is 3. The molecule has 0 bridgehead atoms. The molecule has 0 aliphatic carbocycles. The van der Waals surface area contributed by atoms with E-state index in [2.05, 4.69) is 5.32 Å². The Kier molecular flexibility index (Phi) is 6.92. The van der Waals surface area contributed by atoms with Crippen LogP contribution in [0.15, 0.2) is 51.9 Å². The van der Waals surface area contributed by atoms with Crippen LogP contribution >= 0.6 is 0 Å². The summed E-state index contributed by atoms with van der Waals surface area (Å²) >= 11 is 0. The second-order valence-electron chi connectivity index (χ2n) is 9.30. The lowest BCUT2D eigenvalue weighted by molar-refractivity contribution is -0.117. The maximum absolute atomic E-state index is 13.1. The highest BCUT2D eigenvalue weighted by Crippen LogP contribution is 2.36. The van der Waals surface area contributed by atoms with E-state index in [1.54, 1.807) is 45.0 Å². The molecule has 4 atom stereocenters. The molecule has 11 heteroatoms. The summed E-state index contributed by atoms with van der Waals surface area (Å²) in [5, 5.41) is 42.4. The smallest absolute Gasteiger partial charge is 0.412 e. The second-order valence-corrected chi connectivity index (χ2v) is 9.30. The number of benzene rings is 2. The molecule has 4 rings (SSSR count). The summed E-state index contributed by atoms with van der Waals surface area (Å²) in [6.07, 6.45) is -4.63. The topological polar surface area (TPSA) is 168 Å². The molecule has 1 aromatic heterocycles. The Morgan fingerprint density at radius 2 is 1.78 bits per heavy atom. The van der Waals surface area contributed by atoms with Gasteiger partial charge in [0.05, 0.1) is 17.6 Å². The van der Waals surface area contributed by atoms with E-state index in [1.165, 1.54) is 18.4 Å². The molecule has 1 saturated heterocycles. The van der Waals surface area contributed by atoms with Gasteiger partial charge in [-0.25, -0.2) is 4.79 Å². The number of nitrogens with one attached hydrogen (secondary N) is 1. The Morgan fingerprint density at radius 3 is 2.39 bits per heavy atom. The van der Waals surface area contributed by atoms with Gasteiger partial charge in [-0.05, 0) is 50.6 Å². The van der Waals surface area contributed by atoms with Crippen molar-refractivity contribution in [1.29, 1.82) is 0 Å². The highest BCUT2D eigenvalue weighted by molar-refractivity contribution is 5.88. The van der Waals surface area contributed by atoms with Crippen LogP contribution in [0.5, 0.6) is 11.5 Å². The van der Waals surface area contributed by atoms with Gasteiger partial charge in [-0.3, -0.25) is 10.1 Å². The number of hydrogen-bond acceptors (Lipinski definition) is 10. The van der Waals surface area contributed by atoms with Crippen LogP contribution in [0, 0.1) is 0 Å². The molecule has 1 amide bonds. The summed E-state index contributed by atoms with van der Waals surface area (Å²) in [5.74, 6) is -0.642. The van der Waals surface area contributed by atoms with Crippen molar-refractivity contribution >= 4 is 22.7 Å². The Morgan fingerprint density at radius 1 is 1.08 bits per heavy atom. The van der Waals surface area contributed by atoms with Crippen LogP contribution in [0.3, 0.4) is 0 Å². The van der Waals surface area contributed by atoms with E-state index in [1.807, 2.05) is 0 Å². The number of fused-ring (bicyclic) bond motifs is 1. The van der Waals surface area contributed by atoms with E-state index >= 15 is 0 Å². The molecule has 11 nitrogen and oxygen atoms in total. The number of rotatable bonds is 5. The minimum Gasteiger partial charge on any atom is -0.502 e. The van der Waals surface area contributed by atoms with E-state index in [-0.39, 0.29) is 22.3 Å². The van der Waals surface area contributed by atoms with Gasteiger partial charge in [0.15, 0.2) is 11.3 Å². The molecule has 1 aliphatic rings. The molecule has 1 fully saturated rings. The molecule has 0 saturated carbocycles. The highest BCUT2D eigenvalue weighted by Gasteiger charge is 2.44. The first-order chi connectivity index (χ1) is 17.0. The van der Waals surface area contributed by atoms with Gasteiger partial charge in [0.1, 0.15) is 30.2 Å². The molecule has 1 aliphatic heterocycles. The van der Waals surface area contributed by atoms with Gasteiger partial charge < -0.3 is 39.1 Å². The fourth-order valence-electron chi connectivity index (χ4n) is 3.70. The fourth-order valence-corrected chi connectivity index (χ4v) is 3.70. The number of carbonyl (C=O) groups excluding carboxylic acids is 1. The van der Waals surface area contributed by atoms with Crippen molar-refractivity contribution < 1.29 is 43.8 Å². The number of phenols is 1. The van der Waals surface area contributed by atoms with Crippen molar-refractivity contribution in [2.75, 3.05) is 11.9 Å². The Bertz CT molecular complexity index is 1310. The first-order valence-electron chi connectivity index (χ1n) is 11.2. The number of aromatic hydroxyl groups is 1. The number of phenolic OH excluding ortho intramolecular Hbond substituents is 1. The van der Waals surface area contributed by atoms with E-state index in [0.717, 1.165) is 0 Å². The third-order valence-electron chi connectivity index (χ3n) is 5.46. The summed E-state index contributed by atoms with van der Waals surface area (Å²) in [6.45, 7) is 4.73. The summed E-state index contributed by atoms with van der Waals surface area (Å²) in [5.41, 5.74) is 0.0181. The molecule has 0 unspecified atom stereocenters. The van der Waals surface area contributed by atoms with E-state index in [4.69, 9.17) is 18.6 Å². The zero-order chi connectivity index (χ0) is 26.2.